The highest BCUT2D eigenvalue weighted by molar-refractivity contribution is 9.10. The summed E-state index contributed by atoms with van der Waals surface area (Å²) in [4.78, 5) is 14.2. The number of aryl methyl sites for hydroxylation is 1. The molecule has 0 spiro atoms. The molecule has 0 fully saturated rings. The van der Waals surface area contributed by atoms with Crippen molar-refractivity contribution < 1.29 is 9.53 Å². The van der Waals surface area contributed by atoms with Crippen molar-refractivity contribution in [1.29, 1.82) is 0 Å². The summed E-state index contributed by atoms with van der Waals surface area (Å²) in [6, 6.07) is 6.93. The molecule has 1 aromatic carbocycles. The number of halogens is 3. The van der Waals surface area contributed by atoms with Crippen LogP contribution in [0.4, 0.5) is 0 Å². The Labute approximate surface area is 184 Å². The molecule has 3 rings (SSSR count). The average molecular weight is 532 g/mol. The normalized spacial score (nSPS) is 10.9. The maximum atomic E-state index is 12.7. The summed E-state index contributed by atoms with van der Waals surface area (Å²) < 4.78 is 10.7. The Morgan fingerprint density at radius 1 is 1.21 bits per heavy atom. The molecular formula is C18H18Br2ClN5O2. The van der Waals surface area contributed by atoms with Crippen LogP contribution in [0.15, 0.2) is 45.6 Å². The van der Waals surface area contributed by atoms with Gasteiger partial charge in [0.15, 0.2) is 12.4 Å². The number of hydrogen-bond acceptors (Lipinski definition) is 4. The van der Waals surface area contributed by atoms with E-state index in [1.807, 2.05) is 17.8 Å². The zero-order chi connectivity index (χ0) is 20.3. The van der Waals surface area contributed by atoms with Crippen LogP contribution >= 0.6 is 43.5 Å². The first-order valence-electron chi connectivity index (χ1n) is 8.46. The molecule has 0 saturated carbocycles. The van der Waals surface area contributed by atoms with Crippen molar-refractivity contribution in [2.45, 2.75) is 26.7 Å². The lowest BCUT2D eigenvalue weighted by molar-refractivity contribution is 0.0775. The molecule has 0 radical (unpaired) electrons. The molecule has 28 heavy (non-hydrogen) atoms. The fourth-order valence-electron chi connectivity index (χ4n) is 2.47. The average Bonchev–Trinajstić information content (AvgIpc) is 3.27. The molecule has 0 aliphatic carbocycles. The molecular weight excluding hydrogens is 513 g/mol. The molecule has 0 bridgehead atoms. The topological polar surface area (TPSA) is 65.2 Å². The number of carbonyl (C=O) groups is 1. The molecule has 0 aliphatic heterocycles. The standard InChI is InChI=1S/C18H18Br2ClN5O2/c1-3-25-9-14(20)16(23-25)10-24(2)18(27)15-6-7-26(22-15)11-28-17-5-4-12(21)8-13(17)19/h4-9H,3,10-11H2,1-2H3. The maximum Gasteiger partial charge on any atom is 0.274 e. The lowest BCUT2D eigenvalue weighted by atomic mass is 10.3. The second kappa shape index (κ2) is 9.11. The molecule has 0 unspecified atom stereocenters. The molecule has 1 amide bonds. The van der Waals surface area contributed by atoms with Crippen LogP contribution in [0.3, 0.4) is 0 Å². The summed E-state index contributed by atoms with van der Waals surface area (Å²) in [5.74, 6) is 0.450. The second-order valence-corrected chi connectivity index (χ2v) is 8.17. The highest BCUT2D eigenvalue weighted by Gasteiger charge is 2.18. The predicted octanol–water partition coefficient (Wildman–Crippen LogP) is 4.59. The number of aromatic nitrogens is 4. The Hall–Kier alpha value is -1.84. The van der Waals surface area contributed by atoms with E-state index in [0.717, 1.165) is 21.2 Å². The van der Waals surface area contributed by atoms with Gasteiger partial charge in [0.2, 0.25) is 0 Å². The van der Waals surface area contributed by atoms with E-state index in [-0.39, 0.29) is 12.6 Å². The van der Waals surface area contributed by atoms with Crippen LogP contribution in [0.1, 0.15) is 23.1 Å². The molecule has 148 valence electrons. The zero-order valence-electron chi connectivity index (χ0n) is 15.3. The van der Waals surface area contributed by atoms with E-state index in [1.165, 1.54) is 0 Å². The maximum absolute atomic E-state index is 12.7. The van der Waals surface area contributed by atoms with Crippen molar-refractivity contribution in [3.63, 3.8) is 0 Å². The van der Waals surface area contributed by atoms with E-state index in [9.17, 15) is 4.79 Å². The number of nitrogens with zero attached hydrogens (tertiary/aromatic N) is 5. The fraction of sp³-hybridized carbons (Fsp3) is 0.278. The summed E-state index contributed by atoms with van der Waals surface area (Å²) >= 11 is 12.8. The van der Waals surface area contributed by atoms with Gasteiger partial charge in [-0.1, -0.05) is 11.6 Å². The van der Waals surface area contributed by atoms with Crippen LogP contribution in [0, 0.1) is 0 Å². The first-order valence-corrected chi connectivity index (χ1v) is 10.4. The van der Waals surface area contributed by atoms with Gasteiger partial charge >= 0.3 is 0 Å². The third kappa shape index (κ3) is 4.95. The van der Waals surface area contributed by atoms with Gasteiger partial charge in [-0.2, -0.15) is 10.2 Å². The number of hydrogen-bond donors (Lipinski definition) is 0. The Bertz CT molecular complexity index is 988. The highest BCUT2D eigenvalue weighted by Crippen LogP contribution is 2.28. The SMILES string of the molecule is CCn1cc(Br)c(CN(C)C(=O)c2ccn(COc3ccc(Cl)cc3Br)n2)n1. The van der Waals surface area contributed by atoms with Crippen molar-refractivity contribution >= 4 is 49.4 Å². The highest BCUT2D eigenvalue weighted by atomic mass is 79.9. The van der Waals surface area contributed by atoms with Gasteiger partial charge in [-0.05, 0) is 63.0 Å². The van der Waals surface area contributed by atoms with E-state index < -0.39 is 0 Å². The van der Waals surface area contributed by atoms with Gasteiger partial charge < -0.3 is 9.64 Å². The number of ether oxygens (including phenoxy) is 1. The summed E-state index contributed by atoms with van der Waals surface area (Å²) in [6.07, 6.45) is 3.60. The van der Waals surface area contributed by atoms with Crippen molar-refractivity contribution in [2.75, 3.05) is 7.05 Å². The fourth-order valence-corrected chi connectivity index (χ4v) is 3.71. The zero-order valence-corrected chi connectivity index (χ0v) is 19.2. The van der Waals surface area contributed by atoms with E-state index in [1.54, 1.807) is 47.1 Å². The lowest BCUT2D eigenvalue weighted by Gasteiger charge is -2.14. The summed E-state index contributed by atoms with van der Waals surface area (Å²) in [7, 11) is 1.72. The minimum absolute atomic E-state index is 0.170. The summed E-state index contributed by atoms with van der Waals surface area (Å²) in [5, 5.41) is 9.36. The number of rotatable bonds is 7. The van der Waals surface area contributed by atoms with Gasteiger partial charge in [0, 0.05) is 31.0 Å². The smallest absolute Gasteiger partial charge is 0.274 e. The van der Waals surface area contributed by atoms with Gasteiger partial charge in [-0.15, -0.1) is 0 Å². The van der Waals surface area contributed by atoms with Crippen LogP contribution in [0.25, 0.3) is 0 Å². The second-order valence-electron chi connectivity index (χ2n) is 6.03. The van der Waals surface area contributed by atoms with Crippen LogP contribution in [0.2, 0.25) is 5.02 Å². The molecule has 0 aliphatic rings. The Balaban J connectivity index is 1.62. The minimum atomic E-state index is -0.190. The first kappa shape index (κ1) is 20.9. The molecule has 7 nitrogen and oxygen atoms in total. The predicted molar refractivity (Wildman–Crippen MR) is 113 cm³/mol. The molecule has 10 heteroatoms. The van der Waals surface area contributed by atoms with Gasteiger partial charge in [0.05, 0.1) is 21.2 Å². The Kier molecular flexibility index (Phi) is 6.79. The van der Waals surface area contributed by atoms with Crippen molar-refractivity contribution in [3.05, 3.63) is 62.0 Å². The molecule has 2 aromatic heterocycles. The van der Waals surface area contributed by atoms with Crippen molar-refractivity contribution in [1.82, 2.24) is 24.5 Å². The van der Waals surface area contributed by atoms with Crippen LogP contribution in [0.5, 0.6) is 5.75 Å². The van der Waals surface area contributed by atoms with Gasteiger partial charge in [-0.25, -0.2) is 4.68 Å². The number of carbonyl (C=O) groups excluding carboxylic acids is 1. The van der Waals surface area contributed by atoms with E-state index >= 15 is 0 Å². The minimum Gasteiger partial charge on any atom is -0.470 e. The van der Waals surface area contributed by atoms with Gasteiger partial charge in [-0.3, -0.25) is 9.48 Å². The Morgan fingerprint density at radius 2 is 2.00 bits per heavy atom. The van der Waals surface area contributed by atoms with Crippen LogP contribution in [-0.2, 0) is 19.8 Å². The molecule has 0 atom stereocenters. The third-order valence-corrected chi connectivity index (χ3v) is 5.47. The van der Waals surface area contributed by atoms with E-state index in [2.05, 4.69) is 42.1 Å². The summed E-state index contributed by atoms with van der Waals surface area (Å²) in [5.41, 5.74) is 1.14. The third-order valence-electron chi connectivity index (χ3n) is 3.95. The first-order chi connectivity index (χ1) is 13.4. The van der Waals surface area contributed by atoms with Crippen LogP contribution in [-0.4, -0.2) is 37.4 Å². The van der Waals surface area contributed by atoms with Gasteiger partial charge in [0.1, 0.15) is 5.75 Å². The van der Waals surface area contributed by atoms with Gasteiger partial charge in [0.25, 0.3) is 5.91 Å². The molecule has 2 heterocycles. The molecule has 0 saturated heterocycles. The van der Waals surface area contributed by atoms with E-state index in [0.29, 0.717) is 23.0 Å². The Morgan fingerprint density at radius 3 is 2.68 bits per heavy atom. The lowest BCUT2D eigenvalue weighted by Crippen LogP contribution is -2.27. The van der Waals surface area contributed by atoms with Crippen molar-refractivity contribution in [2.24, 2.45) is 0 Å². The quantitative estimate of drug-likeness (QED) is 0.448. The van der Waals surface area contributed by atoms with Crippen LogP contribution < -0.4 is 4.74 Å². The monoisotopic (exact) mass is 529 g/mol. The van der Waals surface area contributed by atoms with E-state index in [4.69, 9.17) is 16.3 Å². The molecule has 0 N–H and O–H groups in total. The largest absolute Gasteiger partial charge is 0.470 e. The summed E-state index contributed by atoms with van der Waals surface area (Å²) in [6.45, 7) is 3.33. The molecule has 3 aromatic rings. The number of amides is 1. The number of benzene rings is 1. The van der Waals surface area contributed by atoms with Crippen molar-refractivity contribution in [3.8, 4) is 5.75 Å².